The molecule has 1 aliphatic rings. The second-order valence-corrected chi connectivity index (χ2v) is 17.7. The van der Waals surface area contributed by atoms with Crippen molar-refractivity contribution >= 4 is 75.4 Å². The fraction of sp³-hybridized carbons (Fsp3) is 0.0172. The zero-order valence-corrected chi connectivity index (χ0v) is 34.9. The van der Waals surface area contributed by atoms with Crippen LogP contribution in [0, 0.1) is 0 Å². The number of aromatic nitrogens is 3. The van der Waals surface area contributed by atoms with Crippen LogP contribution in [-0.4, -0.2) is 15.0 Å². The van der Waals surface area contributed by atoms with Gasteiger partial charge in [0.25, 0.3) is 0 Å². The predicted molar refractivity (Wildman–Crippen MR) is 261 cm³/mol. The van der Waals surface area contributed by atoms with Crippen LogP contribution in [0.5, 0.6) is 0 Å². The third-order valence-electron chi connectivity index (χ3n) is 13.2. The van der Waals surface area contributed by atoms with Crippen molar-refractivity contribution in [1.82, 2.24) is 15.0 Å². The van der Waals surface area contributed by atoms with Gasteiger partial charge in [0.2, 0.25) is 0 Å². The van der Waals surface area contributed by atoms with Crippen LogP contribution in [0.2, 0.25) is 0 Å². The molecule has 0 unspecified atom stereocenters. The lowest BCUT2D eigenvalue weighted by Crippen LogP contribution is -2.28. The Morgan fingerprint density at radius 2 is 0.781 bits per heavy atom. The number of benzene rings is 9. The molecule has 0 saturated heterocycles. The van der Waals surface area contributed by atoms with Gasteiger partial charge in [0.1, 0.15) is 22.3 Å². The van der Waals surface area contributed by atoms with E-state index in [1.165, 1.54) is 53.6 Å². The molecule has 4 aromatic heterocycles. The van der Waals surface area contributed by atoms with Crippen LogP contribution in [-0.2, 0) is 5.41 Å². The molecule has 64 heavy (non-hydrogen) atoms. The van der Waals surface area contributed by atoms with Gasteiger partial charge in [-0.2, -0.15) is 0 Å². The van der Waals surface area contributed by atoms with Crippen molar-refractivity contribution in [2.75, 3.05) is 0 Å². The summed E-state index contributed by atoms with van der Waals surface area (Å²) in [5.41, 5.74) is 12.7. The summed E-state index contributed by atoms with van der Waals surface area (Å²) < 4.78 is 15.3. The zero-order chi connectivity index (χ0) is 41.9. The summed E-state index contributed by atoms with van der Waals surface area (Å²) in [5, 5.41) is 6.83. The lowest BCUT2D eigenvalue weighted by atomic mass is 9.67. The summed E-state index contributed by atoms with van der Waals surface area (Å²) >= 11 is 1.85. The second-order valence-electron chi connectivity index (χ2n) is 16.7. The van der Waals surface area contributed by atoms with Crippen molar-refractivity contribution in [3.05, 3.63) is 222 Å². The minimum Gasteiger partial charge on any atom is -0.456 e. The Bertz CT molecular complexity index is 3870. The molecule has 0 amide bonds. The van der Waals surface area contributed by atoms with E-state index in [2.05, 4.69) is 152 Å². The molecule has 0 radical (unpaired) electrons. The molecule has 0 fully saturated rings. The molecule has 0 N–H and O–H groups in total. The maximum absolute atomic E-state index is 6.34. The van der Waals surface area contributed by atoms with Gasteiger partial charge in [-0.05, 0) is 88.0 Å². The number of rotatable bonds is 5. The Labute approximate surface area is 370 Å². The van der Waals surface area contributed by atoms with E-state index in [-0.39, 0.29) is 0 Å². The summed E-state index contributed by atoms with van der Waals surface area (Å²) in [7, 11) is 0. The van der Waals surface area contributed by atoms with E-state index in [4.69, 9.17) is 23.8 Å². The molecular weight excluding hydrogens is 803 g/mol. The first-order valence-electron chi connectivity index (χ1n) is 21.5. The fourth-order valence-electron chi connectivity index (χ4n) is 10.3. The van der Waals surface area contributed by atoms with Crippen LogP contribution in [0.4, 0.5) is 0 Å². The number of para-hydroxylation sites is 2. The van der Waals surface area contributed by atoms with Gasteiger partial charge in [0.15, 0.2) is 17.5 Å². The molecule has 4 heterocycles. The van der Waals surface area contributed by atoms with Crippen LogP contribution >= 0.6 is 11.3 Å². The standard InChI is InChI=1S/C58H33N3O2S/c1-6-16-47-39(11-1)40-12-2-7-17-48(40)58(47,38-27-30-54-46(33-38)45-15-5-10-20-53(45)64-54)37-25-21-34(22-26-37)55-59-56(35-23-28-43-41-13-3-8-18-49(41)62-51(43)31-35)61-57(60-55)36-24-29-44-42-14-4-9-19-50(42)63-52(44)32-36/h1-33H. The molecular formula is C58H33N3O2S. The van der Waals surface area contributed by atoms with E-state index in [0.29, 0.717) is 17.5 Å². The average molecular weight is 836 g/mol. The molecule has 0 aliphatic heterocycles. The van der Waals surface area contributed by atoms with Crippen molar-refractivity contribution in [2.45, 2.75) is 5.41 Å². The van der Waals surface area contributed by atoms with E-state index in [1.54, 1.807) is 0 Å². The summed E-state index contributed by atoms with van der Waals surface area (Å²) in [4.78, 5) is 15.5. The predicted octanol–water partition coefficient (Wildman–Crippen LogP) is 15.4. The first-order valence-corrected chi connectivity index (χ1v) is 22.3. The maximum atomic E-state index is 6.34. The fourth-order valence-corrected chi connectivity index (χ4v) is 11.4. The smallest absolute Gasteiger partial charge is 0.164 e. The zero-order valence-electron chi connectivity index (χ0n) is 34.1. The van der Waals surface area contributed by atoms with Gasteiger partial charge in [0, 0.05) is 58.4 Å². The summed E-state index contributed by atoms with van der Waals surface area (Å²) in [6.45, 7) is 0. The molecule has 0 bridgehead atoms. The second kappa shape index (κ2) is 13.4. The summed E-state index contributed by atoms with van der Waals surface area (Å²) in [6, 6.07) is 71.2. The maximum Gasteiger partial charge on any atom is 0.164 e. The van der Waals surface area contributed by atoms with Crippen LogP contribution < -0.4 is 0 Å². The van der Waals surface area contributed by atoms with Gasteiger partial charge in [0.05, 0.1) is 5.41 Å². The average Bonchev–Trinajstić information content (AvgIpc) is 4.11. The molecule has 0 spiro atoms. The number of hydrogen-bond donors (Lipinski definition) is 0. The van der Waals surface area contributed by atoms with Gasteiger partial charge in [-0.15, -0.1) is 11.3 Å². The Kier molecular flexibility index (Phi) is 7.42. The Balaban J connectivity index is 0.960. The Hall–Kier alpha value is -8.19. The first kappa shape index (κ1) is 35.4. The van der Waals surface area contributed by atoms with Crippen molar-refractivity contribution in [3.63, 3.8) is 0 Å². The van der Waals surface area contributed by atoms with Gasteiger partial charge in [-0.25, -0.2) is 15.0 Å². The minimum absolute atomic E-state index is 0.558. The number of thiophene rings is 1. The third-order valence-corrected chi connectivity index (χ3v) is 14.4. The van der Waals surface area contributed by atoms with Crippen LogP contribution in [0.3, 0.4) is 0 Å². The molecule has 5 nitrogen and oxygen atoms in total. The highest BCUT2D eigenvalue weighted by atomic mass is 32.1. The SMILES string of the molecule is c1ccc2c(c1)-c1ccccc1C2(c1ccc(-c2nc(-c3ccc4c(c3)oc3ccccc34)nc(-c3ccc4c(c3)oc3ccccc34)n2)cc1)c1ccc2sc3ccccc3c2c1. The molecule has 298 valence electrons. The number of nitrogens with zero attached hydrogens (tertiary/aromatic N) is 3. The normalized spacial score (nSPS) is 13.1. The minimum atomic E-state index is -0.567. The van der Waals surface area contributed by atoms with Gasteiger partial charge in [-0.1, -0.05) is 146 Å². The lowest BCUT2D eigenvalue weighted by Gasteiger charge is -2.34. The van der Waals surface area contributed by atoms with E-state index < -0.39 is 5.41 Å². The molecule has 13 aromatic rings. The van der Waals surface area contributed by atoms with E-state index in [0.717, 1.165) is 60.6 Å². The first-order chi connectivity index (χ1) is 31.7. The van der Waals surface area contributed by atoms with E-state index >= 15 is 0 Å². The molecule has 9 aromatic carbocycles. The van der Waals surface area contributed by atoms with Crippen molar-refractivity contribution in [1.29, 1.82) is 0 Å². The summed E-state index contributed by atoms with van der Waals surface area (Å²) in [5.74, 6) is 1.69. The van der Waals surface area contributed by atoms with Crippen molar-refractivity contribution in [2.24, 2.45) is 0 Å². The summed E-state index contributed by atoms with van der Waals surface area (Å²) in [6.07, 6.45) is 0. The molecule has 0 atom stereocenters. The molecule has 1 aliphatic carbocycles. The third kappa shape index (κ3) is 5.08. The van der Waals surface area contributed by atoms with Crippen molar-refractivity contribution < 1.29 is 8.83 Å². The van der Waals surface area contributed by atoms with Crippen molar-refractivity contribution in [3.8, 4) is 45.3 Å². The van der Waals surface area contributed by atoms with Gasteiger partial charge in [-0.3, -0.25) is 0 Å². The van der Waals surface area contributed by atoms with E-state index in [9.17, 15) is 0 Å². The molecule has 6 heteroatoms. The molecule has 14 rings (SSSR count). The number of fused-ring (bicyclic) bond motifs is 12. The number of furan rings is 2. The highest BCUT2D eigenvalue weighted by Crippen LogP contribution is 2.57. The molecule has 0 saturated carbocycles. The van der Waals surface area contributed by atoms with Crippen LogP contribution in [0.15, 0.2) is 209 Å². The van der Waals surface area contributed by atoms with Gasteiger partial charge >= 0.3 is 0 Å². The highest BCUT2D eigenvalue weighted by Gasteiger charge is 2.46. The van der Waals surface area contributed by atoms with E-state index in [1.807, 2.05) is 59.9 Å². The Morgan fingerprint density at radius 1 is 0.328 bits per heavy atom. The largest absolute Gasteiger partial charge is 0.456 e. The topological polar surface area (TPSA) is 65.0 Å². The van der Waals surface area contributed by atoms with Crippen LogP contribution in [0.25, 0.3) is 109 Å². The van der Waals surface area contributed by atoms with Crippen LogP contribution in [0.1, 0.15) is 22.3 Å². The highest BCUT2D eigenvalue weighted by molar-refractivity contribution is 7.25. The number of hydrogen-bond acceptors (Lipinski definition) is 6. The van der Waals surface area contributed by atoms with Gasteiger partial charge < -0.3 is 8.83 Å². The monoisotopic (exact) mass is 835 g/mol. The Morgan fingerprint density at radius 3 is 1.39 bits per heavy atom. The quantitative estimate of drug-likeness (QED) is 0.173. The lowest BCUT2D eigenvalue weighted by molar-refractivity contribution is 0.668.